The second kappa shape index (κ2) is 15.2. The Hall–Kier alpha value is -2.00. The average Bonchev–Trinajstić information content (AvgIpc) is 2.79. The highest BCUT2D eigenvalue weighted by Gasteiger charge is 2.21. The lowest BCUT2D eigenvalue weighted by Gasteiger charge is -2.20. The SMILES string of the molecule is CC(C)CC(NC(=O)CCc1ccccc1Cl)C(=O)NCCCCNS(=O)c1ccc(F)cc1Cl. The van der Waals surface area contributed by atoms with Crippen molar-refractivity contribution in [3.05, 3.63) is 63.9 Å². The summed E-state index contributed by atoms with van der Waals surface area (Å²) in [4.78, 5) is 25.5. The van der Waals surface area contributed by atoms with Crippen molar-refractivity contribution in [2.24, 2.45) is 5.92 Å². The van der Waals surface area contributed by atoms with Crippen molar-refractivity contribution < 1.29 is 18.2 Å². The Kier molecular flexibility index (Phi) is 12.7. The van der Waals surface area contributed by atoms with Crippen LogP contribution in [0, 0.1) is 11.7 Å². The summed E-state index contributed by atoms with van der Waals surface area (Å²) in [5.41, 5.74) is 0.894. The quantitative estimate of drug-likeness (QED) is 0.299. The first-order valence-corrected chi connectivity index (χ1v) is 13.5. The molecule has 2 rings (SSSR count). The number of aryl methyl sites for hydroxylation is 1. The highest BCUT2D eigenvalue weighted by Crippen LogP contribution is 2.20. The topological polar surface area (TPSA) is 87.3 Å². The van der Waals surface area contributed by atoms with Crippen LogP contribution in [-0.4, -0.2) is 35.2 Å². The summed E-state index contributed by atoms with van der Waals surface area (Å²) >= 11 is 12.1. The van der Waals surface area contributed by atoms with E-state index in [1.165, 1.54) is 12.1 Å². The summed E-state index contributed by atoms with van der Waals surface area (Å²) in [7, 11) is -1.55. The van der Waals surface area contributed by atoms with Gasteiger partial charge < -0.3 is 10.6 Å². The molecule has 0 heterocycles. The number of benzene rings is 2. The summed E-state index contributed by atoms with van der Waals surface area (Å²) in [5.74, 6) is -0.678. The minimum Gasteiger partial charge on any atom is -0.354 e. The van der Waals surface area contributed by atoms with Crippen molar-refractivity contribution >= 4 is 46.0 Å². The highest BCUT2D eigenvalue weighted by molar-refractivity contribution is 7.83. The molecule has 0 aliphatic heterocycles. The molecule has 2 atom stereocenters. The molecule has 0 aliphatic rings. The van der Waals surface area contributed by atoms with E-state index in [2.05, 4.69) is 15.4 Å². The third kappa shape index (κ3) is 10.7. The Balaban J connectivity index is 1.72. The Morgan fingerprint density at radius 3 is 2.43 bits per heavy atom. The zero-order chi connectivity index (χ0) is 25.8. The van der Waals surface area contributed by atoms with Crippen LogP contribution in [0.2, 0.25) is 10.0 Å². The van der Waals surface area contributed by atoms with Gasteiger partial charge in [0.2, 0.25) is 11.8 Å². The number of hydrogen-bond donors (Lipinski definition) is 3. The minimum atomic E-state index is -1.55. The van der Waals surface area contributed by atoms with Crippen LogP contribution in [0.5, 0.6) is 0 Å². The van der Waals surface area contributed by atoms with Crippen LogP contribution < -0.4 is 15.4 Å². The lowest BCUT2D eigenvalue weighted by molar-refractivity contribution is -0.129. The van der Waals surface area contributed by atoms with Crippen LogP contribution in [0.25, 0.3) is 0 Å². The molecule has 10 heteroatoms. The Morgan fingerprint density at radius 2 is 1.74 bits per heavy atom. The summed E-state index contributed by atoms with van der Waals surface area (Å²) in [6, 6.07) is 10.5. The average molecular weight is 545 g/mol. The molecular weight excluding hydrogens is 512 g/mol. The maximum atomic E-state index is 13.1. The molecule has 192 valence electrons. The summed E-state index contributed by atoms with van der Waals surface area (Å²) in [6.45, 7) is 4.85. The van der Waals surface area contributed by atoms with Crippen LogP contribution in [0.3, 0.4) is 0 Å². The van der Waals surface area contributed by atoms with E-state index >= 15 is 0 Å². The van der Waals surface area contributed by atoms with Gasteiger partial charge in [0.15, 0.2) is 0 Å². The normalized spacial score (nSPS) is 12.9. The molecule has 0 spiro atoms. The van der Waals surface area contributed by atoms with Crippen molar-refractivity contribution in [1.29, 1.82) is 0 Å². The molecule has 0 radical (unpaired) electrons. The number of unbranched alkanes of at least 4 members (excludes halogenated alkanes) is 1. The van der Waals surface area contributed by atoms with Crippen molar-refractivity contribution in [1.82, 2.24) is 15.4 Å². The van der Waals surface area contributed by atoms with E-state index in [4.69, 9.17) is 23.2 Å². The molecule has 2 amide bonds. The second-order valence-corrected chi connectivity index (χ2v) is 10.7. The Labute approximate surface area is 218 Å². The number of nitrogens with one attached hydrogen (secondary N) is 3. The fourth-order valence-corrected chi connectivity index (χ4v) is 4.89. The van der Waals surface area contributed by atoms with Crippen LogP contribution in [-0.2, 0) is 27.0 Å². The molecular formula is C25H32Cl2FN3O3S. The molecule has 6 nitrogen and oxygen atoms in total. The number of halogens is 3. The van der Waals surface area contributed by atoms with Gasteiger partial charge in [-0.05, 0) is 61.4 Å². The summed E-state index contributed by atoms with van der Waals surface area (Å²) in [5, 5.41) is 6.44. The van der Waals surface area contributed by atoms with Crippen molar-refractivity contribution in [3.8, 4) is 0 Å². The monoisotopic (exact) mass is 543 g/mol. The lowest BCUT2D eigenvalue weighted by atomic mass is 10.0. The van der Waals surface area contributed by atoms with Crippen molar-refractivity contribution in [3.63, 3.8) is 0 Å². The lowest BCUT2D eigenvalue weighted by Crippen LogP contribution is -2.47. The number of amides is 2. The van der Waals surface area contributed by atoms with Gasteiger partial charge >= 0.3 is 0 Å². The summed E-state index contributed by atoms with van der Waals surface area (Å²) in [6.07, 6.45) is 2.58. The maximum absolute atomic E-state index is 13.1. The van der Waals surface area contributed by atoms with Gasteiger partial charge in [0.05, 0.1) is 9.92 Å². The molecule has 0 bridgehead atoms. The summed E-state index contributed by atoms with van der Waals surface area (Å²) < 4.78 is 28.2. The Bertz CT molecular complexity index is 1020. The van der Waals surface area contributed by atoms with E-state index in [0.29, 0.717) is 48.7 Å². The molecule has 2 aromatic rings. The molecule has 3 N–H and O–H groups in total. The standard InChI is InChI=1S/C25H32Cl2FN3O3S/c1-17(2)15-22(31-24(32)12-9-18-7-3-4-8-20(18)26)25(33)29-13-5-6-14-30-35(34)23-11-10-19(28)16-21(23)27/h3-4,7-8,10-11,16-17,22,30H,5-6,9,12-15H2,1-2H3,(H,29,33)(H,31,32). The largest absolute Gasteiger partial charge is 0.354 e. The number of rotatable bonds is 14. The molecule has 0 aromatic heterocycles. The second-order valence-electron chi connectivity index (χ2n) is 8.58. The van der Waals surface area contributed by atoms with Gasteiger partial charge in [-0.15, -0.1) is 0 Å². The molecule has 2 unspecified atom stereocenters. The first-order valence-electron chi connectivity index (χ1n) is 11.6. The Morgan fingerprint density at radius 1 is 1.03 bits per heavy atom. The van der Waals surface area contributed by atoms with Crippen LogP contribution in [0.1, 0.15) is 45.1 Å². The third-order valence-corrected chi connectivity index (χ3v) is 7.18. The third-order valence-electron chi connectivity index (χ3n) is 5.17. The molecule has 0 saturated carbocycles. The molecule has 35 heavy (non-hydrogen) atoms. The molecule has 2 aromatic carbocycles. The van der Waals surface area contributed by atoms with Gasteiger partial charge in [-0.2, -0.15) is 0 Å². The van der Waals surface area contributed by atoms with Gasteiger partial charge in [0, 0.05) is 24.5 Å². The van der Waals surface area contributed by atoms with Crippen LogP contribution in [0.15, 0.2) is 47.4 Å². The number of carbonyl (C=O) groups is 2. The van der Waals surface area contributed by atoms with E-state index in [1.54, 1.807) is 6.07 Å². The van der Waals surface area contributed by atoms with E-state index in [1.807, 2.05) is 32.0 Å². The fourth-order valence-electron chi connectivity index (χ4n) is 3.37. The number of hydrogen-bond acceptors (Lipinski definition) is 3. The van der Waals surface area contributed by atoms with Crippen LogP contribution >= 0.6 is 23.2 Å². The predicted molar refractivity (Wildman–Crippen MR) is 139 cm³/mol. The van der Waals surface area contributed by atoms with Gasteiger partial charge in [0.1, 0.15) is 22.8 Å². The first-order chi connectivity index (χ1) is 16.7. The van der Waals surface area contributed by atoms with Crippen molar-refractivity contribution in [2.45, 2.75) is 56.9 Å². The molecule has 0 fully saturated rings. The van der Waals surface area contributed by atoms with Gasteiger partial charge in [-0.3, -0.25) is 9.59 Å². The highest BCUT2D eigenvalue weighted by atomic mass is 35.5. The number of carbonyl (C=O) groups excluding carboxylic acids is 2. The smallest absolute Gasteiger partial charge is 0.242 e. The fraction of sp³-hybridized carbons (Fsp3) is 0.440. The van der Waals surface area contributed by atoms with E-state index < -0.39 is 22.8 Å². The predicted octanol–water partition coefficient (Wildman–Crippen LogP) is 4.80. The van der Waals surface area contributed by atoms with E-state index in [9.17, 15) is 18.2 Å². The first kappa shape index (κ1) is 29.2. The van der Waals surface area contributed by atoms with Gasteiger partial charge in [0.25, 0.3) is 0 Å². The van der Waals surface area contributed by atoms with E-state index in [0.717, 1.165) is 11.6 Å². The van der Waals surface area contributed by atoms with Crippen molar-refractivity contribution in [2.75, 3.05) is 13.1 Å². The molecule has 0 saturated heterocycles. The maximum Gasteiger partial charge on any atom is 0.242 e. The minimum absolute atomic E-state index is 0.105. The van der Waals surface area contributed by atoms with E-state index in [-0.39, 0.29) is 29.2 Å². The van der Waals surface area contributed by atoms with Gasteiger partial charge in [-0.25, -0.2) is 13.3 Å². The molecule has 0 aliphatic carbocycles. The zero-order valence-corrected chi connectivity index (χ0v) is 22.2. The van der Waals surface area contributed by atoms with Crippen LogP contribution in [0.4, 0.5) is 4.39 Å². The zero-order valence-electron chi connectivity index (χ0n) is 19.9. The van der Waals surface area contributed by atoms with Gasteiger partial charge in [-0.1, -0.05) is 55.2 Å².